The predicted octanol–water partition coefficient (Wildman–Crippen LogP) is 1.46. The molecule has 0 N–H and O–H groups in total. The molecule has 0 aromatic carbocycles. The lowest BCUT2D eigenvalue weighted by molar-refractivity contribution is 0.682. The Balaban J connectivity index is 2.78. The molecule has 4 heteroatoms. The molecule has 0 aliphatic heterocycles. The van der Waals surface area contributed by atoms with Crippen molar-refractivity contribution >= 4 is 11.0 Å². The number of rotatable bonds is 3. The molecule has 0 spiro atoms. The molecule has 0 radical (unpaired) electrons. The van der Waals surface area contributed by atoms with E-state index in [1.54, 1.807) is 22.0 Å². The van der Waals surface area contributed by atoms with Crippen LogP contribution in [0.25, 0.3) is 11.0 Å². The summed E-state index contributed by atoms with van der Waals surface area (Å²) in [5.74, 6) is 0. The first-order chi connectivity index (χ1) is 8.15. The molecule has 88 valence electrons. The first-order valence-electron chi connectivity index (χ1n) is 5.45. The van der Waals surface area contributed by atoms with Crippen LogP contribution in [0, 0.1) is 6.92 Å². The summed E-state index contributed by atoms with van der Waals surface area (Å²) < 4.78 is 1.59. The van der Waals surface area contributed by atoms with Gasteiger partial charge >= 0.3 is 0 Å². The number of aryl methyl sites for hydroxylation is 1. The molecule has 0 bridgehead atoms. The standard InChI is InChI=1S/C13H15N3O/c1-4-8-15(3)16-12-11(6-5-7-14-12)9-10(2)13(16)17/h4-7,9H,1,8H2,2-3H3. The van der Waals surface area contributed by atoms with Crippen molar-refractivity contribution in [1.29, 1.82) is 0 Å². The molecule has 2 rings (SSSR count). The van der Waals surface area contributed by atoms with Crippen LogP contribution in [0.1, 0.15) is 5.56 Å². The molecule has 4 nitrogen and oxygen atoms in total. The average Bonchev–Trinajstić information content (AvgIpc) is 2.31. The zero-order valence-electron chi connectivity index (χ0n) is 10.1. The molecule has 0 atom stereocenters. The Hall–Kier alpha value is -2.10. The van der Waals surface area contributed by atoms with Gasteiger partial charge in [0.15, 0.2) is 5.65 Å². The minimum absolute atomic E-state index is 0.0412. The number of aromatic nitrogens is 2. The molecule has 2 aromatic heterocycles. The van der Waals surface area contributed by atoms with Crippen molar-refractivity contribution < 1.29 is 0 Å². The van der Waals surface area contributed by atoms with E-state index in [0.717, 1.165) is 5.39 Å². The van der Waals surface area contributed by atoms with Gasteiger partial charge < -0.3 is 5.01 Å². The number of pyridine rings is 2. The normalized spacial score (nSPS) is 10.5. The zero-order chi connectivity index (χ0) is 12.4. The van der Waals surface area contributed by atoms with E-state index in [4.69, 9.17) is 0 Å². The maximum absolute atomic E-state index is 12.1. The van der Waals surface area contributed by atoms with Crippen molar-refractivity contribution in [3.8, 4) is 0 Å². The molecule has 0 aliphatic rings. The highest BCUT2D eigenvalue weighted by Crippen LogP contribution is 2.10. The van der Waals surface area contributed by atoms with Crippen LogP contribution < -0.4 is 10.6 Å². The molecule has 0 saturated carbocycles. The second-order valence-electron chi connectivity index (χ2n) is 3.99. The fourth-order valence-electron chi connectivity index (χ4n) is 1.84. The molecule has 2 heterocycles. The average molecular weight is 229 g/mol. The largest absolute Gasteiger partial charge is 0.307 e. The smallest absolute Gasteiger partial charge is 0.273 e. The fourth-order valence-corrected chi connectivity index (χ4v) is 1.84. The number of likely N-dealkylation sites (N-methyl/N-ethyl adjacent to an activating group) is 1. The van der Waals surface area contributed by atoms with Crippen molar-refractivity contribution in [3.05, 3.63) is 53.0 Å². The van der Waals surface area contributed by atoms with Gasteiger partial charge in [-0.3, -0.25) is 4.79 Å². The lowest BCUT2D eigenvalue weighted by atomic mass is 10.2. The Kier molecular flexibility index (Phi) is 2.95. The summed E-state index contributed by atoms with van der Waals surface area (Å²) in [6.07, 6.45) is 3.44. The van der Waals surface area contributed by atoms with E-state index in [2.05, 4.69) is 11.6 Å². The summed E-state index contributed by atoms with van der Waals surface area (Å²) in [5.41, 5.74) is 1.34. The van der Waals surface area contributed by atoms with Crippen LogP contribution in [0.3, 0.4) is 0 Å². The number of nitrogens with zero attached hydrogens (tertiary/aromatic N) is 3. The molecule has 0 aliphatic carbocycles. The summed E-state index contributed by atoms with van der Waals surface area (Å²) >= 11 is 0. The fraction of sp³-hybridized carbons (Fsp3) is 0.231. The van der Waals surface area contributed by atoms with E-state index in [1.807, 2.05) is 32.2 Å². The molecule has 0 amide bonds. The van der Waals surface area contributed by atoms with Gasteiger partial charge in [0.1, 0.15) is 0 Å². The number of hydrogen-bond donors (Lipinski definition) is 0. The third-order valence-electron chi connectivity index (χ3n) is 2.65. The van der Waals surface area contributed by atoms with Crippen molar-refractivity contribution in [1.82, 2.24) is 9.66 Å². The van der Waals surface area contributed by atoms with Gasteiger partial charge in [-0.2, -0.15) is 0 Å². The Bertz CT molecular complexity index is 616. The van der Waals surface area contributed by atoms with E-state index in [1.165, 1.54) is 0 Å². The van der Waals surface area contributed by atoms with E-state index in [9.17, 15) is 4.79 Å². The van der Waals surface area contributed by atoms with Gasteiger partial charge in [0, 0.05) is 24.2 Å². The van der Waals surface area contributed by atoms with Crippen LogP contribution in [0.5, 0.6) is 0 Å². The molecule has 0 unspecified atom stereocenters. The van der Waals surface area contributed by atoms with Crippen LogP contribution >= 0.6 is 0 Å². The van der Waals surface area contributed by atoms with Gasteiger partial charge in [0.2, 0.25) is 0 Å². The van der Waals surface area contributed by atoms with E-state index >= 15 is 0 Å². The van der Waals surface area contributed by atoms with Crippen molar-refractivity contribution in [2.75, 3.05) is 18.6 Å². The summed E-state index contributed by atoms with van der Waals surface area (Å²) in [4.78, 5) is 16.4. The lowest BCUT2D eigenvalue weighted by Gasteiger charge is -2.21. The zero-order valence-corrected chi connectivity index (χ0v) is 10.1. The maximum Gasteiger partial charge on any atom is 0.273 e. The van der Waals surface area contributed by atoms with Crippen molar-refractivity contribution in [3.63, 3.8) is 0 Å². The third kappa shape index (κ3) is 1.93. The molecular formula is C13H15N3O. The monoisotopic (exact) mass is 229 g/mol. The van der Waals surface area contributed by atoms with Gasteiger partial charge in [0.05, 0.1) is 6.54 Å². The summed E-state index contributed by atoms with van der Waals surface area (Å²) in [6, 6.07) is 5.68. The minimum atomic E-state index is -0.0412. The van der Waals surface area contributed by atoms with Crippen LogP contribution in [-0.4, -0.2) is 23.3 Å². The maximum atomic E-state index is 12.1. The van der Waals surface area contributed by atoms with E-state index < -0.39 is 0 Å². The van der Waals surface area contributed by atoms with Crippen LogP contribution in [0.15, 0.2) is 41.8 Å². The van der Waals surface area contributed by atoms with Crippen molar-refractivity contribution in [2.45, 2.75) is 6.92 Å². The van der Waals surface area contributed by atoms with Crippen LogP contribution in [0.4, 0.5) is 0 Å². The molecule has 17 heavy (non-hydrogen) atoms. The summed E-state index contributed by atoms with van der Waals surface area (Å²) in [6.45, 7) is 6.09. The Morgan fingerprint density at radius 3 is 3.06 bits per heavy atom. The van der Waals surface area contributed by atoms with E-state index in [0.29, 0.717) is 17.8 Å². The molecule has 2 aromatic rings. The van der Waals surface area contributed by atoms with Gasteiger partial charge in [0.25, 0.3) is 5.56 Å². The van der Waals surface area contributed by atoms with Gasteiger partial charge in [-0.1, -0.05) is 6.08 Å². The highest BCUT2D eigenvalue weighted by Gasteiger charge is 2.09. The van der Waals surface area contributed by atoms with Gasteiger partial charge in [-0.15, -0.1) is 6.58 Å². The van der Waals surface area contributed by atoms with Crippen LogP contribution in [0.2, 0.25) is 0 Å². The first kappa shape index (κ1) is 11.4. The quantitative estimate of drug-likeness (QED) is 0.748. The van der Waals surface area contributed by atoms with Crippen LogP contribution in [-0.2, 0) is 0 Å². The lowest BCUT2D eigenvalue weighted by Crippen LogP contribution is -2.40. The Labute approximate surface area is 99.8 Å². The molecule has 0 fully saturated rings. The molecular weight excluding hydrogens is 214 g/mol. The second kappa shape index (κ2) is 4.41. The van der Waals surface area contributed by atoms with E-state index in [-0.39, 0.29) is 5.56 Å². The second-order valence-corrected chi connectivity index (χ2v) is 3.99. The number of hydrogen-bond acceptors (Lipinski definition) is 3. The summed E-state index contributed by atoms with van der Waals surface area (Å²) in [7, 11) is 1.84. The Morgan fingerprint density at radius 2 is 2.35 bits per heavy atom. The van der Waals surface area contributed by atoms with Gasteiger partial charge in [-0.25, -0.2) is 9.66 Å². The molecule has 0 saturated heterocycles. The predicted molar refractivity (Wildman–Crippen MR) is 69.9 cm³/mol. The third-order valence-corrected chi connectivity index (χ3v) is 2.65. The number of fused-ring (bicyclic) bond motifs is 1. The van der Waals surface area contributed by atoms with Gasteiger partial charge in [-0.05, 0) is 25.1 Å². The first-order valence-corrected chi connectivity index (χ1v) is 5.45. The topological polar surface area (TPSA) is 38.1 Å². The highest BCUT2D eigenvalue weighted by atomic mass is 16.1. The Morgan fingerprint density at radius 1 is 1.59 bits per heavy atom. The summed E-state index contributed by atoms with van der Waals surface area (Å²) in [5, 5.41) is 2.76. The SMILES string of the molecule is C=CCN(C)n1c(=O)c(C)cc2cccnc21. The minimum Gasteiger partial charge on any atom is -0.307 e. The van der Waals surface area contributed by atoms with Crippen molar-refractivity contribution in [2.24, 2.45) is 0 Å². The highest BCUT2D eigenvalue weighted by molar-refractivity contribution is 5.75.